The van der Waals surface area contributed by atoms with Gasteiger partial charge in [0.25, 0.3) is 5.56 Å². The van der Waals surface area contributed by atoms with E-state index < -0.39 is 0 Å². The first-order valence-electron chi connectivity index (χ1n) is 9.46. The third-order valence-electron chi connectivity index (χ3n) is 5.14. The smallest absolute Gasteiger partial charge is 0.275 e. The van der Waals surface area contributed by atoms with E-state index in [1.165, 1.54) is 27.5 Å². The molecular formula is C20H23N5O2S. The van der Waals surface area contributed by atoms with Gasteiger partial charge in [-0.15, -0.1) is 5.10 Å². The van der Waals surface area contributed by atoms with Crippen molar-refractivity contribution < 1.29 is 4.79 Å². The number of fused-ring (bicyclic) bond motifs is 1. The van der Waals surface area contributed by atoms with E-state index in [0.29, 0.717) is 23.7 Å². The van der Waals surface area contributed by atoms with Crippen LogP contribution in [0.5, 0.6) is 0 Å². The Morgan fingerprint density at radius 1 is 1.32 bits per heavy atom. The molecule has 1 N–H and O–H groups in total. The number of carbonyl (C=O) groups excluding carboxylic acids is 1. The zero-order valence-corrected chi connectivity index (χ0v) is 16.8. The quantitative estimate of drug-likeness (QED) is 0.731. The summed E-state index contributed by atoms with van der Waals surface area (Å²) in [5.41, 5.74) is 2.83. The molecule has 0 radical (unpaired) electrons. The van der Waals surface area contributed by atoms with Crippen molar-refractivity contribution in [3.05, 3.63) is 57.5 Å². The van der Waals surface area contributed by atoms with Gasteiger partial charge in [-0.2, -0.15) is 4.52 Å². The zero-order valence-electron chi connectivity index (χ0n) is 16.0. The van der Waals surface area contributed by atoms with Crippen molar-refractivity contribution in [2.24, 2.45) is 5.92 Å². The van der Waals surface area contributed by atoms with Crippen LogP contribution >= 0.6 is 11.3 Å². The van der Waals surface area contributed by atoms with Crippen molar-refractivity contribution in [3.63, 3.8) is 0 Å². The van der Waals surface area contributed by atoms with Crippen molar-refractivity contribution >= 4 is 27.3 Å². The second-order valence-electron chi connectivity index (χ2n) is 7.24. The first-order chi connectivity index (χ1) is 13.5. The Morgan fingerprint density at radius 3 is 2.96 bits per heavy atom. The molecule has 4 rings (SSSR count). The number of aryl methyl sites for hydroxylation is 2. The average molecular weight is 398 g/mol. The number of nitrogens with one attached hydrogen (secondary N) is 1. The lowest BCUT2D eigenvalue weighted by Gasteiger charge is -2.31. The van der Waals surface area contributed by atoms with Gasteiger partial charge in [-0.1, -0.05) is 35.6 Å². The summed E-state index contributed by atoms with van der Waals surface area (Å²) in [6.07, 6.45) is 1.78. The van der Waals surface area contributed by atoms with Crippen molar-refractivity contribution in [1.82, 2.24) is 19.9 Å². The monoisotopic (exact) mass is 397 g/mol. The van der Waals surface area contributed by atoms with Crippen LogP contribution in [-0.4, -0.2) is 33.6 Å². The number of nitrogens with zero attached hydrogens (tertiary/aromatic N) is 4. The largest absolute Gasteiger partial charge is 0.352 e. The molecule has 3 aromatic rings. The highest BCUT2D eigenvalue weighted by Crippen LogP contribution is 2.27. The highest BCUT2D eigenvalue weighted by atomic mass is 32.1. The van der Waals surface area contributed by atoms with E-state index in [2.05, 4.69) is 33.3 Å². The predicted molar refractivity (Wildman–Crippen MR) is 110 cm³/mol. The van der Waals surface area contributed by atoms with Gasteiger partial charge >= 0.3 is 0 Å². The van der Waals surface area contributed by atoms with Crippen LogP contribution in [0.25, 0.3) is 4.96 Å². The van der Waals surface area contributed by atoms with E-state index in [1.54, 1.807) is 6.92 Å². The molecule has 1 aliphatic rings. The second-order valence-corrected chi connectivity index (χ2v) is 8.18. The van der Waals surface area contributed by atoms with Crippen LogP contribution in [0.3, 0.4) is 0 Å². The summed E-state index contributed by atoms with van der Waals surface area (Å²) in [4.78, 5) is 31.9. The lowest BCUT2D eigenvalue weighted by Crippen LogP contribution is -2.43. The van der Waals surface area contributed by atoms with E-state index in [-0.39, 0.29) is 17.4 Å². The number of hydrogen-bond acceptors (Lipinski definition) is 6. The molecule has 1 amide bonds. The topological polar surface area (TPSA) is 79.6 Å². The van der Waals surface area contributed by atoms with Crippen LogP contribution in [-0.2, 0) is 11.3 Å². The van der Waals surface area contributed by atoms with Gasteiger partial charge in [0.1, 0.15) is 0 Å². The molecule has 0 bridgehead atoms. The number of carbonyl (C=O) groups is 1. The highest BCUT2D eigenvalue weighted by Gasteiger charge is 2.27. The van der Waals surface area contributed by atoms with Crippen LogP contribution in [0.15, 0.2) is 35.1 Å². The molecule has 2 aromatic heterocycles. The van der Waals surface area contributed by atoms with Crippen molar-refractivity contribution in [3.8, 4) is 0 Å². The SMILES string of the molecule is Cc1cc(=O)n2nc(N3CCC[C@@H](C(=O)NCc4ccccc4C)C3)sc2n1. The molecule has 0 aliphatic carbocycles. The van der Waals surface area contributed by atoms with Crippen LogP contribution in [0.1, 0.15) is 29.7 Å². The molecule has 0 unspecified atom stereocenters. The third-order valence-corrected chi connectivity index (χ3v) is 6.11. The Kier molecular flexibility index (Phi) is 5.13. The van der Waals surface area contributed by atoms with Gasteiger partial charge in [0, 0.05) is 31.4 Å². The van der Waals surface area contributed by atoms with Gasteiger partial charge < -0.3 is 10.2 Å². The summed E-state index contributed by atoms with van der Waals surface area (Å²) in [5, 5.41) is 8.25. The Bertz CT molecular complexity index is 1070. The molecule has 0 saturated carbocycles. The fourth-order valence-electron chi connectivity index (χ4n) is 3.54. The van der Waals surface area contributed by atoms with Gasteiger partial charge in [-0.3, -0.25) is 9.59 Å². The van der Waals surface area contributed by atoms with Crippen molar-refractivity contribution in [2.75, 3.05) is 18.0 Å². The summed E-state index contributed by atoms with van der Waals surface area (Å²) in [5.74, 6) is -0.0172. The van der Waals surface area contributed by atoms with E-state index in [1.807, 2.05) is 18.2 Å². The Morgan fingerprint density at radius 2 is 2.14 bits per heavy atom. The molecule has 146 valence electrons. The maximum absolute atomic E-state index is 12.7. The van der Waals surface area contributed by atoms with Gasteiger partial charge in [-0.25, -0.2) is 4.98 Å². The number of amides is 1. The molecular weight excluding hydrogens is 374 g/mol. The third kappa shape index (κ3) is 3.77. The normalized spacial score (nSPS) is 17.1. The van der Waals surface area contributed by atoms with E-state index in [9.17, 15) is 9.59 Å². The number of rotatable bonds is 4. The molecule has 1 aromatic carbocycles. The average Bonchev–Trinajstić information content (AvgIpc) is 3.12. The summed E-state index contributed by atoms with van der Waals surface area (Å²) >= 11 is 1.39. The Labute approximate surface area is 167 Å². The minimum Gasteiger partial charge on any atom is -0.352 e. The fourth-order valence-corrected chi connectivity index (χ4v) is 4.53. The van der Waals surface area contributed by atoms with Crippen molar-refractivity contribution in [1.29, 1.82) is 0 Å². The molecule has 1 aliphatic heterocycles. The van der Waals surface area contributed by atoms with Gasteiger partial charge in [0.15, 0.2) is 0 Å². The summed E-state index contributed by atoms with van der Waals surface area (Å²) in [7, 11) is 0. The van der Waals surface area contributed by atoms with E-state index in [4.69, 9.17) is 0 Å². The summed E-state index contributed by atoms with van der Waals surface area (Å²) in [6.45, 7) is 5.83. The fraction of sp³-hybridized carbons (Fsp3) is 0.400. The molecule has 28 heavy (non-hydrogen) atoms. The van der Waals surface area contributed by atoms with Gasteiger partial charge in [0.05, 0.1) is 5.92 Å². The second kappa shape index (κ2) is 7.71. The first-order valence-corrected chi connectivity index (χ1v) is 10.3. The van der Waals surface area contributed by atoms with E-state index in [0.717, 1.165) is 30.1 Å². The standard InChI is InChI=1S/C20H23N5O2S/c1-13-6-3-4-7-15(13)11-21-18(27)16-8-5-9-24(12-16)20-23-25-17(26)10-14(2)22-19(25)28-20/h3-4,6-7,10,16H,5,8-9,11-12H2,1-2H3,(H,21,27)/t16-/m1/s1. The number of benzene rings is 1. The molecule has 1 fully saturated rings. The molecule has 8 heteroatoms. The highest BCUT2D eigenvalue weighted by molar-refractivity contribution is 7.20. The Hall–Kier alpha value is -2.74. The van der Waals surface area contributed by atoms with Crippen LogP contribution in [0.2, 0.25) is 0 Å². The van der Waals surface area contributed by atoms with E-state index >= 15 is 0 Å². The lowest BCUT2D eigenvalue weighted by atomic mass is 9.97. The minimum absolute atomic E-state index is 0.0696. The maximum Gasteiger partial charge on any atom is 0.275 e. The van der Waals surface area contributed by atoms with Crippen molar-refractivity contribution in [2.45, 2.75) is 33.2 Å². The first kappa shape index (κ1) is 18.6. The number of aromatic nitrogens is 3. The lowest BCUT2D eigenvalue weighted by molar-refractivity contribution is -0.125. The zero-order chi connectivity index (χ0) is 19.7. The molecule has 3 heterocycles. The summed E-state index contributed by atoms with van der Waals surface area (Å²) < 4.78 is 1.34. The maximum atomic E-state index is 12.7. The predicted octanol–water partition coefficient (Wildman–Crippen LogP) is 2.30. The molecule has 7 nitrogen and oxygen atoms in total. The van der Waals surface area contributed by atoms with Gasteiger partial charge in [-0.05, 0) is 37.8 Å². The number of piperidine rings is 1. The molecule has 1 atom stereocenters. The van der Waals surface area contributed by atoms with Gasteiger partial charge in [0.2, 0.25) is 16.0 Å². The summed E-state index contributed by atoms with van der Waals surface area (Å²) in [6, 6.07) is 9.56. The van der Waals surface area contributed by atoms with Crippen LogP contribution < -0.4 is 15.8 Å². The molecule has 1 saturated heterocycles. The van der Waals surface area contributed by atoms with Crippen LogP contribution in [0.4, 0.5) is 5.13 Å². The van der Waals surface area contributed by atoms with Crippen LogP contribution in [0, 0.1) is 19.8 Å². The molecule has 0 spiro atoms. The Balaban J connectivity index is 1.45. The number of hydrogen-bond donors (Lipinski definition) is 1. The minimum atomic E-state index is -0.172. The number of anilines is 1.